The molecule has 5 heterocycles. The molecule has 0 unspecified atom stereocenters. The number of nitrogens with one attached hydrogen (secondary N) is 2. The summed E-state index contributed by atoms with van der Waals surface area (Å²) < 4.78 is 14.1. The Hall–Kier alpha value is -5.68. The zero-order valence-electron chi connectivity index (χ0n) is 41.0. The number of ether oxygens (including phenoxy) is 2. The molecule has 68 heavy (non-hydrogen) atoms. The number of hydrogen-bond acceptors (Lipinski definition) is 11. The fraction of sp³-hybridized carbons (Fsp3) is 0.500. The van der Waals surface area contributed by atoms with Crippen molar-refractivity contribution in [2.24, 2.45) is 16.3 Å². The molecule has 5 atom stereocenters. The maximum atomic E-state index is 14.7. The highest BCUT2D eigenvalue weighted by Gasteiger charge is 2.46. The van der Waals surface area contributed by atoms with Crippen molar-refractivity contribution in [3.05, 3.63) is 94.1 Å². The van der Waals surface area contributed by atoms with E-state index in [0.29, 0.717) is 30.2 Å². The number of aromatic nitrogens is 2. The first-order valence-corrected chi connectivity index (χ1v) is 24.7. The Labute approximate surface area is 404 Å². The van der Waals surface area contributed by atoms with Gasteiger partial charge < -0.3 is 34.3 Å². The molecule has 0 spiro atoms. The van der Waals surface area contributed by atoms with Crippen molar-refractivity contribution >= 4 is 57.8 Å². The van der Waals surface area contributed by atoms with E-state index in [2.05, 4.69) is 40.9 Å². The number of carbonyl (C=O) groups is 4. The fourth-order valence-electron chi connectivity index (χ4n) is 10.0. The second kappa shape index (κ2) is 20.9. The summed E-state index contributed by atoms with van der Waals surface area (Å²) in [6.07, 6.45) is 5.61. The number of rotatable bonds is 11. The van der Waals surface area contributed by atoms with Crippen LogP contribution in [0.15, 0.2) is 77.3 Å². The smallest absolute Gasteiger partial charge is 0.355 e. The predicted octanol–water partition coefficient (Wildman–Crippen LogP) is 7.69. The van der Waals surface area contributed by atoms with Crippen LogP contribution in [0.2, 0.25) is 0 Å². The van der Waals surface area contributed by atoms with Crippen molar-refractivity contribution in [2.75, 3.05) is 33.9 Å². The lowest BCUT2D eigenvalue weighted by molar-refractivity contribution is -0.189. The summed E-state index contributed by atoms with van der Waals surface area (Å²) in [4.78, 5) is 70.8. The zero-order chi connectivity index (χ0) is 49.1. The van der Waals surface area contributed by atoms with Crippen LogP contribution in [-0.2, 0) is 43.2 Å². The molecule has 4 amide bonds. The number of allylic oxidation sites excluding steroid dienone is 2. The first-order chi connectivity index (χ1) is 32.4. The molecule has 2 saturated heterocycles. The molecule has 2 aromatic carbocycles. The van der Waals surface area contributed by atoms with E-state index in [1.807, 2.05) is 94.3 Å². The number of carbonyl (C=O) groups excluding carboxylic acids is 4. The Morgan fingerprint density at radius 2 is 1.90 bits per heavy atom. The largest absolute Gasteiger partial charge is 0.462 e. The van der Waals surface area contributed by atoms with E-state index in [1.54, 1.807) is 20.4 Å². The number of urea groups is 1. The molecular formula is C52H68N8O7S. The van der Waals surface area contributed by atoms with E-state index in [1.165, 1.54) is 21.2 Å². The van der Waals surface area contributed by atoms with Gasteiger partial charge in [-0.1, -0.05) is 76.7 Å². The van der Waals surface area contributed by atoms with Crippen LogP contribution in [0, 0.1) is 11.3 Å². The Kier molecular flexibility index (Phi) is 15.4. The number of amides is 4. The quantitative estimate of drug-likeness (QED) is 0.0775. The standard InChI is InChI=1S/C52H68N8O7S/c1-11-36(44(53-12-2)33(6)66-10)46-38-29-51(7,8)31-67-49(63)52(65)24-18-26-60(56-52)48(62)39(28-43-54-40(30-68-43)35-22-23-42(37(38)27-35)58(46)13-3)55-47(61)45(32(4)5)57(9)50(64)59-25-17-21-41(59)34-19-15-14-16-20-34/h11-12,14-16,19-20,22-23,27,30,32-33,39,41,45,56,65H,1,13,17-18,21,24-26,28-29,31H2,2-10H3,(H,55,61)/b44-36+,53-12?/t33-,39-,41-,45-,52-/m0/s1. The van der Waals surface area contributed by atoms with Crippen LogP contribution in [0.3, 0.4) is 0 Å². The molecule has 3 N–H and O–H groups in total. The second-order valence-electron chi connectivity index (χ2n) is 19.3. The van der Waals surface area contributed by atoms with Crippen LogP contribution in [0.25, 0.3) is 27.7 Å². The highest BCUT2D eigenvalue weighted by atomic mass is 32.1. The zero-order valence-corrected chi connectivity index (χ0v) is 41.8. The maximum Gasteiger partial charge on any atom is 0.355 e. The lowest BCUT2D eigenvalue weighted by Gasteiger charge is -2.40. The third-order valence-corrected chi connectivity index (χ3v) is 14.3. The number of likely N-dealkylation sites (N-methyl/N-ethyl adjacent to an activating group) is 1. The summed E-state index contributed by atoms with van der Waals surface area (Å²) in [6, 6.07) is 13.6. The number of likely N-dealkylation sites (tertiary alicyclic amines) is 1. The van der Waals surface area contributed by atoms with Gasteiger partial charge in [0.25, 0.3) is 5.91 Å². The van der Waals surface area contributed by atoms with Gasteiger partial charge in [0.2, 0.25) is 11.6 Å². The predicted molar refractivity (Wildman–Crippen MR) is 266 cm³/mol. The van der Waals surface area contributed by atoms with Crippen molar-refractivity contribution in [1.82, 2.24) is 35.1 Å². The highest BCUT2D eigenvalue weighted by molar-refractivity contribution is 7.10. The number of cyclic esters (lactones) is 1. The number of methoxy groups -OCH3 is 1. The van der Waals surface area contributed by atoms with E-state index in [4.69, 9.17) is 19.5 Å². The van der Waals surface area contributed by atoms with E-state index < -0.39 is 41.0 Å². The van der Waals surface area contributed by atoms with Crippen LogP contribution >= 0.6 is 11.3 Å². The Morgan fingerprint density at radius 3 is 2.57 bits per heavy atom. The molecule has 2 fully saturated rings. The lowest BCUT2D eigenvalue weighted by atomic mass is 9.84. The molecule has 15 nitrogen and oxygen atoms in total. The van der Waals surface area contributed by atoms with Crippen molar-refractivity contribution in [2.45, 2.75) is 123 Å². The van der Waals surface area contributed by atoms with Crippen LogP contribution in [0.4, 0.5) is 4.79 Å². The SMILES string of the molecule is C=C/C(=C(\N=CC)[C@H](C)OC)c1c2c3cc(ccc3n1CC)-c1csc(n1)C[C@H](NC(=O)[C@H](C(C)C)N(C)C(=O)N1CCC[C@H]1c1ccccc1)C(=O)N1CCC[C@@](O)(N1)C(=O)OCC(C)(C)C2. The fourth-order valence-corrected chi connectivity index (χ4v) is 10.9. The number of fused-ring (bicyclic) bond motifs is 6. The molecule has 0 saturated carbocycles. The Bertz CT molecular complexity index is 2580. The number of benzene rings is 2. The van der Waals surface area contributed by atoms with Crippen molar-refractivity contribution in [1.29, 1.82) is 0 Å². The van der Waals surface area contributed by atoms with Gasteiger partial charge in [0.15, 0.2) is 0 Å². The molecule has 2 aromatic heterocycles. The van der Waals surface area contributed by atoms with Gasteiger partial charge in [-0.15, -0.1) is 11.3 Å². The molecule has 3 aliphatic rings. The molecule has 364 valence electrons. The van der Waals surface area contributed by atoms with Crippen molar-refractivity contribution < 1.29 is 33.8 Å². The number of thiazole rings is 1. The number of esters is 1. The molecular weight excluding hydrogens is 881 g/mol. The summed E-state index contributed by atoms with van der Waals surface area (Å²) in [7, 11) is 3.29. The first-order valence-electron chi connectivity index (χ1n) is 23.8. The van der Waals surface area contributed by atoms with Gasteiger partial charge in [-0.3, -0.25) is 19.6 Å². The van der Waals surface area contributed by atoms with Crippen LogP contribution < -0.4 is 10.7 Å². The summed E-state index contributed by atoms with van der Waals surface area (Å²) in [6.45, 7) is 19.2. The van der Waals surface area contributed by atoms with Crippen molar-refractivity contribution in [3.8, 4) is 11.3 Å². The van der Waals surface area contributed by atoms with Gasteiger partial charge >= 0.3 is 12.0 Å². The number of aliphatic hydroxyl groups is 1. The van der Waals surface area contributed by atoms with Crippen molar-refractivity contribution in [3.63, 3.8) is 0 Å². The number of aryl methyl sites for hydroxylation is 1. The molecule has 6 bridgehead atoms. The van der Waals surface area contributed by atoms with Gasteiger partial charge in [0, 0.05) is 85.7 Å². The Balaban J connectivity index is 1.30. The molecule has 3 aliphatic heterocycles. The molecule has 4 aromatic rings. The highest BCUT2D eigenvalue weighted by Crippen LogP contribution is 2.41. The van der Waals surface area contributed by atoms with Gasteiger partial charge in [-0.05, 0) is 75.6 Å². The topological polar surface area (TPSA) is 171 Å². The van der Waals surface area contributed by atoms with E-state index in [9.17, 15) is 24.3 Å². The molecule has 0 aliphatic carbocycles. The number of nitrogens with zero attached hydrogens (tertiary/aromatic N) is 6. The maximum absolute atomic E-state index is 14.7. The second-order valence-corrected chi connectivity index (χ2v) is 20.2. The third kappa shape index (κ3) is 10.2. The average Bonchev–Trinajstić information content (AvgIpc) is 4.08. The van der Waals surface area contributed by atoms with E-state index in [-0.39, 0.29) is 56.5 Å². The molecule has 0 radical (unpaired) electrons. The van der Waals surface area contributed by atoms with Crippen LogP contribution in [0.5, 0.6) is 0 Å². The number of hydrazine groups is 1. The minimum atomic E-state index is -2.23. The van der Waals surface area contributed by atoms with E-state index >= 15 is 0 Å². The van der Waals surface area contributed by atoms with Gasteiger partial charge in [0.1, 0.15) is 12.1 Å². The molecule has 16 heteroatoms. The monoisotopic (exact) mass is 948 g/mol. The normalized spacial score (nSPS) is 22.5. The minimum Gasteiger partial charge on any atom is -0.462 e. The lowest BCUT2D eigenvalue weighted by Crippen LogP contribution is -2.67. The number of hydrogen-bond donors (Lipinski definition) is 3. The van der Waals surface area contributed by atoms with Gasteiger partial charge in [0.05, 0.1) is 40.8 Å². The average molecular weight is 949 g/mol. The van der Waals surface area contributed by atoms with E-state index in [0.717, 1.165) is 57.4 Å². The molecule has 7 rings (SSSR count). The third-order valence-electron chi connectivity index (χ3n) is 13.5. The van der Waals surface area contributed by atoms with Gasteiger partial charge in [-0.25, -0.2) is 14.6 Å². The first kappa shape index (κ1) is 50.2. The van der Waals surface area contributed by atoms with Crippen LogP contribution in [-0.4, -0.2) is 117 Å². The van der Waals surface area contributed by atoms with Crippen LogP contribution in [0.1, 0.15) is 102 Å². The summed E-state index contributed by atoms with van der Waals surface area (Å²) in [5.74, 6) is -2.31. The summed E-state index contributed by atoms with van der Waals surface area (Å²) in [5.41, 5.74) is 6.97. The van der Waals surface area contributed by atoms with Gasteiger partial charge in [-0.2, -0.15) is 5.43 Å². The summed E-state index contributed by atoms with van der Waals surface area (Å²) in [5, 5.41) is 19.6. The summed E-state index contributed by atoms with van der Waals surface area (Å²) >= 11 is 1.37. The number of aliphatic imine (C=N–C) groups is 1. The Morgan fingerprint density at radius 1 is 1.15 bits per heavy atom. The minimum absolute atomic E-state index is 0.00488.